The van der Waals surface area contributed by atoms with Crippen molar-refractivity contribution in [3.8, 4) is 34.6 Å². The Bertz CT molecular complexity index is 1170. The third kappa shape index (κ3) is 4.47. The second kappa shape index (κ2) is 8.05. The molecule has 0 aliphatic carbocycles. The fourth-order valence-corrected chi connectivity index (χ4v) is 2.68. The van der Waals surface area contributed by atoms with Crippen LogP contribution in [0.1, 0.15) is 11.3 Å². The smallest absolute Gasteiger partial charge is 0.417 e. The predicted octanol–water partition coefficient (Wildman–Crippen LogP) is 3.53. The molecule has 0 fully saturated rings. The number of pyridine rings is 2. The first-order valence-electron chi connectivity index (χ1n) is 8.86. The molecular formula is C19H15F3N6O3. The third-order valence-corrected chi connectivity index (χ3v) is 4.19. The minimum Gasteiger partial charge on any atom is -0.481 e. The van der Waals surface area contributed by atoms with Gasteiger partial charge in [-0.05, 0) is 12.1 Å². The zero-order valence-corrected chi connectivity index (χ0v) is 16.3. The Hall–Kier alpha value is -3.96. The van der Waals surface area contributed by atoms with E-state index in [2.05, 4.69) is 25.2 Å². The molecule has 12 heteroatoms. The average molecular weight is 432 g/mol. The van der Waals surface area contributed by atoms with Crippen molar-refractivity contribution >= 4 is 0 Å². The van der Waals surface area contributed by atoms with E-state index < -0.39 is 11.7 Å². The maximum atomic E-state index is 12.6. The first-order chi connectivity index (χ1) is 14.8. The summed E-state index contributed by atoms with van der Waals surface area (Å²) in [5.41, 5.74) is 0.748. The molecule has 0 atom stereocenters. The molecule has 0 N–H and O–H groups in total. The minimum atomic E-state index is -4.46. The summed E-state index contributed by atoms with van der Waals surface area (Å²) in [5, 5.41) is 8.25. The standard InChI is InChI=1S/C19H15F3N6O3/c1-28-9-13(18-25-17(27-31-18)11-3-5-15(29-2)23-7-11)14(26-28)10-30-16-6-4-12(8-24-16)19(20,21)22/h3-9H,10H2,1-2H3. The molecule has 0 bridgehead atoms. The van der Waals surface area contributed by atoms with Gasteiger partial charge >= 0.3 is 6.18 Å². The maximum absolute atomic E-state index is 12.6. The number of nitrogens with zero attached hydrogens (tertiary/aromatic N) is 6. The number of ether oxygens (including phenoxy) is 2. The lowest BCUT2D eigenvalue weighted by molar-refractivity contribution is -0.137. The van der Waals surface area contributed by atoms with Gasteiger partial charge in [-0.15, -0.1) is 0 Å². The Morgan fingerprint density at radius 3 is 2.48 bits per heavy atom. The lowest BCUT2D eigenvalue weighted by Gasteiger charge is -2.07. The molecule has 160 valence electrons. The van der Waals surface area contributed by atoms with Crippen LogP contribution in [0.3, 0.4) is 0 Å². The van der Waals surface area contributed by atoms with Crippen molar-refractivity contribution in [1.29, 1.82) is 0 Å². The molecule has 0 aliphatic heterocycles. The maximum Gasteiger partial charge on any atom is 0.417 e. The number of aromatic nitrogens is 6. The van der Waals surface area contributed by atoms with Crippen molar-refractivity contribution in [2.75, 3.05) is 7.11 Å². The molecule has 4 rings (SSSR count). The molecule has 0 radical (unpaired) electrons. The van der Waals surface area contributed by atoms with Gasteiger partial charge in [0.15, 0.2) is 0 Å². The van der Waals surface area contributed by atoms with Gasteiger partial charge in [0.25, 0.3) is 5.89 Å². The Balaban J connectivity index is 1.52. The van der Waals surface area contributed by atoms with E-state index >= 15 is 0 Å². The highest BCUT2D eigenvalue weighted by atomic mass is 19.4. The number of rotatable bonds is 6. The van der Waals surface area contributed by atoms with E-state index in [1.54, 1.807) is 31.6 Å². The second-order valence-corrected chi connectivity index (χ2v) is 6.35. The van der Waals surface area contributed by atoms with Crippen LogP contribution in [0, 0.1) is 0 Å². The van der Waals surface area contributed by atoms with Gasteiger partial charge in [-0.3, -0.25) is 4.68 Å². The minimum absolute atomic E-state index is 0.0279. The zero-order valence-electron chi connectivity index (χ0n) is 16.3. The zero-order chi connectivity index (χ0) is 22.0. The van der Waals surface area contributed by atoms with Crippen LogP contribution in [-0.2, 0) is 19.8 Å². The molecule has 0 aliphatic rings. The quantitative estimate of drug-likeness (QED) is 0.456. The van der Waals surface area contributed by atoms with Crippen LogP contribution in [0.4, 0.5) is 13.2 Å². The SMILES string of the molecule is COc1ccc(-c2noc(-c3cn(C)nc3COc3ccc(C(F)(F)F)cn3)n2)cn1. The van der Waals surface area contributed by atoms with Crippen molar-refractivity contribution in [3.05, 3.63) is 54.1 Å². The van der Waals surface area contributed by atoms with Crippen LogP contribution in [0.2, 0.25) is 0 Å². The van der Waals surface area contributed by atoms with Gasteiger partial charge in [-0.1, -0.05) is 5.16 Å². The van der Waals surface area contributed by atoms with E-state index in [9.17, 15) is 13.2 Å². The predicted molar refractivity (Wildman–Crippen MR) is 99.9 cm³/mol. The summed E-state index contributed by atoms with van der Waals surface area (Å²) in [6, 6.07) is 5.46. The van der Waals surface area contributed by atoms with Crippen LogP contribution in [0.5, 0.6) is 11.8 Å². The number of hydrogen-bond acceptors (Lipinski definition) is 8. The average Bonchev–Trinajstić information content (AvgIpc) is 3.38. The monoisotopic (exact) mass is 432 g/mol. The molecule has 0 amide bonds. The number of alkyl halides is 3. The van der Waals surface area contributed by atoms with Crippen LogP contribution in [0.15, 0.2) is 47.4 Å². The van der Waals surface area contributed by atoms with Crippen molar-refractivity contribution in [2.24, 2.45) is 7.05 Å². The Morgan fingerprint density at radius 2 is 1.84 bits per heavy atom. The van der Waals surface area contributed by atoms with Crippen molar-refractivity contribution in [2.45, 2.75) is 12.8 Å². The lowest BCUT2D eigenvalue weighted by atomic mass is 10.2. The van der Waals surface area contributed by atoms with Gasteiger partial charge in [0.1, 0.15) is 12.3 Å². The first kappa shape index (κ1) is 20.3. The van der Waals surface area contributed by atoms with E-state index in [0.29, 0.717) is 34.7 Å². The van der Waals surface area contributed by atoms with Gasteiger partial charge < -0.3 is 14.0 Å². The second-order valence-electron chi connectivity index (χ2n) is 6.35. The van der Waals surface area contributed by atoms with Crippen molar-refractivity contribution in [1.82, 2.24) is 29.9 Å². The lowest BCUT2D eigenvalue weighted by Crippen LogP contribution is -2.06. The number of halogens is 3. The summed E-state index contributed by atoms with van der Waals surface area (Å²) in [5.74, 6) is 1.01. The highest BCUT2D eigenvalue weighted by molar-refractivity contribution is 5.60. The fraction of sp³-hybridized carbons (Fsp3) is 0.211. The van der Waals surface area contributed by atoms with Crippen LogP contribution < -0.4 is 9.47 Å². The fourth-order valence-electron chi connectivity index (χ4n) is 2.68. The molecule has 4 aromatic heterocycles. The molecular weight excluding hydrogens is 417 g/mol. The van der Waals surface area contributed by atoms with Crippen molar-refractivity contribution < 1.29 is 27.2 Å². The largest absolute Gasteiger partial charge is 0.481 e. The summed E-state index contributed by atoms with van der Waals surface area (Å²) in [6.45, 7) is -0.0592. The molecule has 4 heterocycles. The highest BCUT2D eigenvalue weighted by Crippen LogP contribution is 2.30. The van der Waals surface area contributed by atoms with E-state index in [4.69, 9.17) is 14.0 Å². The summed E-state index contributed by atoms with van der Waals surface area (Å²) in [6.07, 6.45) is -0.532. The van der Waals surface area contributed by atoms with Gasteiger partial charge in [-0.2, -0.15) is 23.3 Å². The van der Waals surface area contributed by atoms with Gasteiger partial charge in [0, 0.05) is 43.3 Å². The Labute approximate surface area is 173 Å². The Kier molecular flexibility index (Phi) is 5.28. The van der Waals surface area contributed by atoms with E-state index in [1.165, 1.54) is 11.8 Å². The van der Waals surface area contributed by atoms with Crippen LogP contribution in [0.25, 0.3) is 22.8 Å². The van der Waals surface area contributed by atoms with Gasteiger partial charge in [0.2, 0.25) is 17.6 Å². The van der Waals surface area contributed by atoms with E-state index in [-0.39, 0.29) is 18.4 Å². The van der Waals surface area contributed by atoms with E-state index in [0.717, 1.165) is 12.1 Å². The third-order valence-electron chi connectivity index (χ3n) is 4.19. The van der Waals surface area contributed by atoms with E-state index in [1.807, 2.05) is 0 Å². The molecule has 0 saturated heterocycles. The van der Waals surface area contributed by atoms with Crippen molar-refractivity contribution in [3.63, 3.8) is 0 Å². The number of methoxy groups -OCH3 is 1. The molecule has 0 unspecified atom stereocenters. The van der Waals surface area contributed by atoms with Gasteiger partial charge in [0.05, 0.1) is 18.2 Å². The molecule has 0 spiro atoms. The topological polar surface area (TPSA) is 101 Å². The molecule has 31 heavy (non-hydrogen) atoms. The Morgan fingerprint density at radius 1 is 1.06 bits per heavy atom. The number of aryl methyl sites for hydroxylation is 1. The normalized spacial score (nSPS) is 11.5. The summed E-state index contributed by atoms with van der Waals surface area (Å²) >= 11 is 0. The molecule has 0 aromatic carbocycles. The molecule has 4 aromatic rings. The number of hydrogen-bond donors (Lipinski definition) is 0. The summed E-state index contributed by atoms with van der Waals surface area (Å²) in [7, 11) is 3.22. The highest BCUT2D eigenvalue weighted by Gasteiger charge is 2.30. The molecule has 0 saturated carbocycles. The van der Waals surface area contributed by atoms with Crippen LogP contribution >= 0.6 is 0 Å². The molecule has 9 nitrogen and oxygen atoms in total. The summed E-state index contributed by atoms with van der Waals surface area (Å²) in [4.78, 5) is 12.2. The first-order valence-corrected chi connectivity index (χ1v) is 8.86. The van der Waals surface area contributed by atoms with Crippen LogP contribution in [-0.4, -0.2) is 37.0 Å². The summed E-state index contributed by atoms with van der Waals surface area (Å²) < 4.78 is 55.3. The van der Waals surface area contributed by atoms with Gasteiger partial charge in [-0.25, -0.2) is 9.97 Å².